The summed E-state index contributed by atoms with van der Waals surface area (Å²) >= 11 is 0. The van der Waals surface area contributed by atoms with Crippen molar-refractivity contribution in [2.75, 3.05) is 14.2 Å². The van der Waals surface area contributed by atoms with Crippen LogP contribution in [0.5, 0.6) is 5.75 Å². The van der Waals surface area contributed by atoms with E-state index in [0.29, 0.717) is 5.75 Å². The minimum Gasteiger partial charge on any atom is -0.496 e. The monoisotopic (exact) mass is 338 g/mol. The van der Waals surface area contributed by atoms with Crippen LogP contribution in [0.2, 0.25) is 0 Å². The summed E-state index contributed by atoms with van der Waals surface area (Å²) in [4.78, 5) is 11.9. The second kappa shape index (κ2) is 6.72. The van der Waals surface area contributed by atoms with Crippen LogP contribution >= 0.6 is 0 Å². The maximum Gasteiger partial charge on any atom is 0.466 e. The third kappa shape index (κ3) is 3.42. The Morgan fingerprint density at radius 2 is 1.79 bits per heavy atom. The molecule has 5 nitrogen and oxygen atoms in total. The van der Waals surface area contributed by atoms with Crippen LogP contribution in [0.15, 0.2) is 18.2 Å². The van der Waals surface area contributed by atoms with Gasteiger partial charge in [-0.1, -0.05) is 6.07 Å². The van der Waals surface area contributed by atoms with Gasteiger partial charge in [0.25, 0.3) is 0 Å². The van der Waals surface area contributed by atoms with Crippen LogP contribution in [-0.4, -0.2) is 38.5 Å². The lowest BCUT2D eigenvalue weighted by molar-refractivity contribution is -0.140. The lowest BCUT2D eigenvalue weighted by Gasteiger charge is -2.32. The molecule has 1 saturated heterocycles. The summed E-state index contributed by atoms with van der Waals surface area (Å²) < 4.78 is 36.6. The van der Waals surface area contributed by atoms with Crippen molar-refractivity contribution in [1.29, 1.82) is 0 Å². The van der Waals surface area contributed by atoms with Gasteiger partial charge in [0.2, 0.25) is 0 Å². The highest BCUT2D eigenvalue weighted by atomic mass is 19.1. The Morgan fingerprint density at radius 3 is 2.29 bits per heavy atom. The van der Waals surface area contributed by atoms with Gasteiger partial charge in [0.1, 0.15) is 11.6 Å². The van der Waals surface area contributed by atoms with E-state index in [1.54, 1.807) is 12.1 Å². The number of benzene rings is 1. The molecule has 0 spiro atoms. The third-order valence-electron chi connectivity index (χ3n) is 4.82. The van der Waals surface area contributed by atoms with Crippen molar-refractivity contribution in [3.63, 3.8) is 0 Å². The Balaban J connectivity index is 2.46. The molecule has 1 aromatic rings. The van der Waals surface area contributed by atoms with Gasteiger partial charge in [0.15, 0.2) is 0 Å². The maximum atomic E-state index is 14.5. The highest BCUT2D eigenvalue weighted by Crippen LogP contribution is 2.44. The van der Waals surface area contributed by atoms with Crippen LogP contribution in [0, 0.1) is 5.82 Å². The molecule has 0 bridgehead atoms. The number of carbonyl (C=O) groups excluding carboxylic acids is 1. The Labute approximate surface area is 142 Å². The first kappa shape index (κ1) is 18.7. The molecule has 1 heterocycles. The zero-order chi connectivity index (χ0) is 18.1. The summed E-state index contributed by atoms with van der Waals surface area (Å²) in [5, 5.41) is 0. The summed E-state index contributed by atoms with van der Waals surface area (Å²) in [5.74, 6) is -1.29. The van der Waals surface area contributed by atoms with Crippen molar-refractivity contribution in [3.05, 3.63) is 29.6 Å². The van der Waals surface area contributed by atoms with E-state index in [4.69, 9.17) is 18.8 Å². The molecule has 1 aromatic carbocycles. The zero-order valence-electron chi connectivity index (χ0n) is 15.0. The van der Waals surface area contributed by atoms with Crippen molar-refractivity contribution in [1.82, 2.24) is 0 Å². The Bertz CT molecular complexity index is 601. The SMILES string of the molecule is COC(=O)CC(B1OC(C)(C)C(C)(C)O1)c1c(F)cccc1OC. The van der Waals surface area contributed by atoms with E-state index in [1.807, 2.05) is 27.7 Å². The number of ether oxygens (including phenoxy) is 2. The van der Waals surface area contributed by atoms with Crippen LogP contribution in [0.3, 0.4) is 0 Å². The molecule has 1 atom stereocenters. The lowest BCUT2D eigenvalue weighted by Crippen LogP contribution is -2.41. The van der Waals surface area contributed by atoms with E-state index in [-0.39, 0.29) is 12.0 Å². The predicted molar refractivity (Wildman–Crippen MR) is 88.4 cm³/mol. The second-order valence-corrected chi connectivity index (χ2v) is 6.87. The average molecular weight is 338 g/mol. The van der Waals surface area contributed by atoms with Crippen molar-refractivity contribution < 1.29 is 28.0 Å². The second-order valence-electron chi connectivity index (χ2n) is 6.87. The maximum absolute atomic E-state index is 14.5. The van der Waals surface area contributed by atoms with Crippen LogP contribution < -0.4 is 4.74 Å². The number of methoxy groups -OCH3 is 2. The van der Waals surface area contributed by atoms with Crippen LogP contribution in [0.25, 0.3) is 0 Å². The number of hydrogen-bond acceptors (Lipinski definition) is 5. The van der Waals surface area contributed by atoms with Crippen molar-refractivity contribution in [2.24, 2.45) is 0 Å². The third-order valence-corrected chi connectivity index (χ3v) is 4.82. The highest BCUT2D eigenvalue weighted by molar-refractivity contribution is 6.48. The lowest BCUT2D eigenvalue weighted by atomic mass is 9.65. The summed E-state index contributed by atoms with van der Waals surface area (Å²) in [7, 11) is 1.96. The van der Waals surface area contributed by atoms with Gasteiger partial charge in [-0.3, -0.25) is 4.79 Å². The Hall–Kier alpha value is -1.60. The molecule has 0 saturated carbocycles. The van der Waals surface area contributed by atoms with E-state index in [2.05, 4.69) is 0 Å². The van der Waals surface area contributed by atoms with E-state index in [9.17, 15) is 9.18 Å². The Kier molecular flexibility index (Phi) is 5.25. The topological polar surface area (TPSA) is 54.0 Å². The molecule has 2 rings (SSSR count). The van der Waals surface area contributed by atoms with Crippen LogP contribution in [0.4, 0.5) is 4.39 Å². The predicted octanol–water partition coefficient (Wildman–Crippen LogP) is 3.11. The van der Waals surface area contributed by atoms with Crippen molar-refractivity contribution in [2.45, 2.75) is 51.1 Å². The molecule has 132 valence electrons. The minimum absolute atomic E-state index is 0.0788. The van der Waals surface area contributed by atoms with Gasteiger partial charge in [0.05, 0.1) is 31.8 Å². The number of rotatable bonds is 5. The van der Waals surface area contributed by atoms with Gasteiger partial charge in [-0.15, -0.1) is 0 Å². The molecule has 0 aromatic heterocycles. The zero-order valence-corrected chi connectivity index (χ0v) is 15.0. The number of hydrogen-bond donors (Lipinski definition) is 0. The number of carbonyl (C=O) groups is 1. The molecule has 1 fully saturated rings. The normalized spacial score (nSPS) is 19.9. The quantitative estimate of drug-likeness (QED) is 0.610. The molecule has 1 aliphatic rings. The number of halogens is 1. The minimum atomic E-state index is -0.792. The molecular formula is C17H24BFO5. The van der Waals surface area contributed by atoms with Gasteiger partial charge in [-0.2, -0.15) is 0 Å². The first-order valence-corrected chi connectivity index (χ1v) is 7.88. The molecule has 0 radical (unpaired) electrons. The first-order valence-electron chi connectivity index (χ1n) is 7.88. The van der Waals surface area contributed by atoms with Gasteiger partial charge < -0.3 is 18.8 Å². The van der Waals surface area contributed by atoms with Gasteiger partial charge in [0, 0.05) is 11.4 Å². The van der Waals surface area contributed by atoms with E-state index >= 15 is 0 Å². The molecular weight excluding hydrogens is 314 g/mol. The standard InChI is InChI=1S/C17H24BFO5/c1-16(2)17(3,4)24-18(23-16)11(10-14(20)22-6)15-12(19)8-7-9-13(15)21-5/h7-9,11H,10H2,1-6H3. The molecule has 0 N–H and O–H groups in total. The van der Waals surface area contributed by atoms with E-state index in [0.717, 1.165) is 0 Å². The van der Waals surface area contributed by atoms with Gasteiger partial charge >= 0.3 is 13.1 Å². The highest BCUT2D eigenvalue weighted by Gasteiger charge is 2.55. The fraction of sp³-hybridized carbons (Fsp3) is 0.588. The van der Waals surface area contributed by atoms with Gasteiger partial charge in [-0.25, -0.2) is 4.39 Å². The Morgan fingerprint density at radius 1 is 1.21 bits per heavy atom. The smallest absolute Gasteiger partial charge is 0.466 e. The summed E-state index contributed by atoms with van der Waals surface area (Å²) in [6.07, 6.45) is -0.0788. The van der Waals surface area contributed by atoms with Gasteiger partial charge in [-0.05, 0) is 39.8 Å². The van der Waals surface area contributed by atoms with Crippen molar-refractivity contribution in [3.8, 4) is 5.75 Å². The molecule has 1 aliphatic heterocycles. The average Bonchev–Trinajstić information content (AvgIpc) is 2.72. The van der Waals surface area contributed by atoms with E-state index < -0.39 is 35.9 Å². The summed E-state index contributed by atoms with van der Waals surface area (Å²) in [6.45, 7) is 7.61. The first-order chi connectivity index (χ1) is 11.1. The van der Waals surface area contributed by atoms with Crippen LogP contribution in [0.1, 0.15) is 45.5 Å². The van der Waals surface area contributed by atoms with Crippen molar-refractivity contribution >= 4 is 13.1 Å². The van der Waals surface area contributed by atoms with E-state index in [1.165, 1.54) is 20.3 Å². The summed E-state index contributed by atoms with van der Waals surface area (Å²) in [6, 6.07) is 4.53. The molecule has 0 aliphatic carbocycles. The molecule has 0 amide bonds. The fourth-order valence-corrected chi connectivity index (χ4v) is 2.71. The molecule has 1 unspecified atom stereocenters. The fourth-order valence-electron chi connectivity index (χ4n) is 2.71. The number of esters is 1. The summed E-state index contributed by atoms with van der Waals surface area (Å²) in [5.41, 5.74) is -0.932. The largest absolute Gasteiger partial charge is 0.496 e. The van der Waals surface area contributed by atoms with Crippen LogP contribution in [-0.2, 0) is 18.8 Å². The molecule has 7 heteroatoms. The molecule has 24 heavy (non-hydrogen) atoms.